The van der Waals surface area contributed by atoms with Crippen molar-refractivity contribution in [1.82, 2.24) is 4.90 Å². The number of ether oxygens (including phenoxy) is 1. The molecule has 1 amide bonds. The van der Waals surface area contributed by atoms with Gasteiger partial charge in [0.1, 0.15) is 11.5 Å². The summed E-state index contributed by atoms with van der Waals surface area (Å²) in [5.74, 6) is -1.85. The highest BCUT2D eigenvalue weighted by atomic mass is 35.5. The summed E-state index contributed by atoms with van der Waals surface area (Å²) in [4.78, 5) is 27.1. The Morgan fingerprint density at radius 2 is 1.77 bits per heavy atom. The Morgan fingerprint density at radius 3 is 2.37 bits per heavy atom. The van der Waals surface area contributed by atoms with Gasteiger partial charge in [-0.1, -0.05) is 59.4 Å². The monoisotopic (exact) mass is 487 g/mol. The second kappa shape index (κ2) is 9.06. The molecular formula is C21H17Cl4NO4. The number of aliphatic hydroxyl groups excluding tert-OH is 1. The number of hydrogen-bond donors (Lipinski definition) is 1. The van der Waals surface area contributed by atoms with E-state index in [2.05, 4.69) is 0 Å². The van der Waals surface area contributed by atoms with Crippen LogP contribution in [0.1, 0.15) is 30.5 Å². The number of benzene rings is 2. The second-order valence-electron chi connectivity index (χ2n) is 6.63. The minimum Gasteiger partial charge on any atom is -0.507 e. The van der Waals surface area contributed by atoms with Crippen molar-refractivity contribution in [3.8, 4) is 5.75 Å². The predicted octanol–water partition coefficient (Wildman–Crippen LogP) is 6.14. The summed E-state index contributed by atoms with van der Waals surface area (Å²) in [7, 11) is 1.37. The standard InChI is InChI=1S/C21H17Cl4NO4/c1-3-6-26-17(10-4-5-13(23)14(24)7-10)16(19(28)21(26)29)18(27)12-8-11(22)9-15(25)20(12)30-2/h4-5,7-9,17,27H,3,6H2,1-2H3/b18-16+. The Bertz CT molecular complexity index is 1070. The summed E-state index contributed by atoms with van der Waals surface area (Å²) in [6, 6.07) is 6.80. The first-order valence-corrected chi connectivity index (χ1v) is 10.5. The normalized spacial score (nSPS) is 18.2. The van der Waals surface area contributed by atoms with E-state index >= 15 is 0 Å². The molecule has 3 rings (SSSR count). The first-order chi connectivity index (χ1) is 14.2. The zero-order valence-electron chi connectivity index (χ0n) is 16.0. The number of likely N-dealkylation sites (tertiary alicyclic amines) is 1. The fraction of sp³-hybridized carbons (Fsp3) is 0.238. The van der Waals surface area contributed by atoms with Gasteiger partial charge in [0.25, 0.3) is 11.7 Å². The Hall–Kier alpha value is -1.92. The number of carbonyl (C=O) groups is 2. The third kappa shape index (κ3) is 4.00. The molecule has 5 nitrogen and oxygen atoms in total. The lowest BCUT2D eigenvalue weighted by molar-refractivity contribution is -0.139. The van der Waals surface area contributed by atoms with Crippen LogP contribution in [-0.2, 0) is 9.59 Å². The molecule has 2 aromatic carbocycles. The molecule has 0 spiro atoms. The highest BCUT2D eigenvalue weighted by molar-refractivity contribution is 6.47. The molecule has 1 aliphatic heterocycles. The van der Waals surface area contributed by atoms with E-state index in [1.807, 2.05) is 6.92 Å². The third-order valence-electron chi connectivity index (χ3n) is 4.73. The Balaban J connectivity index is 2.30. The van der Waals surface area contributed by atoms with Crippen LogP contribution in [0.5, 0.6) is 5.75 Å². The average Bonchev–Trinajstić information content (AvgIpc) is 2.94. The van der Waals surface area contributed by atoms with Gasteiger partial charge in [-0.2, -0.15) is 0 Å². The Kier molecular flexibility index (Phi) is 6.88. The molecule has 1 fully saturated rings. The Labute approximate surface area is 193 Å². The molecule has 1 aliphatic rings. The van der Waals surface area contributed by atoms with E-state index in [4.69, 9.17) is 51.1 Å². The van der Waals surface area contributed by atoms with E-state index in [0.717, 1.165) is 0 Å². The number of nitrogens with zero attached hydrogens (tertiary/aromatic N) is 1. The molecule has 0 radical (unpaired) electrons. The SMILES string of the molecule is CCCN1C(=O)C(=O)/C(=C(/O)c2cc(Cl)cc(Cl)c2OC)C1c1ccc(Cl)c(Cl)c1. The molecule has 30 heavy (non-hydrogen) atoms. The van der Waals surface area contributed by atoms with Crippen molar-refractivity contribution >= 4 is 63.9 Å². The van der Waals surface area contributed by atoms with Gasteiger partial charge >= 0.3 is 0 Å². The lowest BCUT2D eigenvalue weighted by Gasteiger charge is -2.25. The minimum atomic E-state index is -0.859. The van der Waals surface area contributed by atoms with Crippen LogP contribution < -0.4 is 4.74 Å². The molecule has 1 N–H and O–H groups in total. The van der Waals surface area contributed by atoms with Crippen molar-refractivity contribution in [2.75, 3.05) is 13.7 Å². The number of carbonyl (C=O) groups excluding carboxylic acids is 2. The molecule has 1 saturated heterocycles. The molecule has 2 aromatic rings. The number of aliphatic hydroxyl groups is 1. The van der Waals surface area contributed by atoms with E-state index in [1.54, 1.807) is 18.2 Å². The van der Waals surface area contributed by atoms with Gasteiger partial charge in [-0.15, -0.1) is 0 Å². The quantitative estimate of drug-likeness (QED) is 0.311. The van der Waals surface area contributed by atoms with Crippen molar-refractivity contribution in [2.45, 2.75) is 19.4 Å². The minimum absolute atomic E-state index is 0.106. The number of rotatable bonds is 5. The van der Waals surface area contributed by atoms with Crippen molar-refractivity contribution in [3.63, 3.8) is 0 Å². The van der Waals surface area contributed by atoms with E-state index in [-0.39, 0.29) is 32.0 Å². The number of Topliss-reactive ketones (excluding diaryl/α,β-unsaturated/α-hetero) is 1. The van der Waals surface area contributed by atoms with Crippen LogP contribution in [0.2, 0.25) is 20.1 Å². The number of halogens is 4. The number of ketones is 1. The zero-order valence-corrected chi connectivity index (χ0v) is 19.0. The second-order valence-corrected chi connectivity index (χ2v) is 8.29. The molecule has 0 saturated carbocycles. The predicted molar refractivity (Wildman–Crippen MR) is 119 cm³/mol. The van der Waals surface area contributed by atoms with Gasteiger partial charge in [0.05, 0.1) is 39.4 Å². The van der Waals surface area contributed by atoms with Gasteiger partial charge in [-0.3, -0.25) is 9.59 Å². The molecular weight excluding hydrogens is 472 g/mol. The van der Waals surface area contributed by atoms with Crippen LogP contribution in [-0.4, -0.2) is 35.4 Å². The molecule has 0 bridgehead atoms. The van der Waals surface area contributed by atoms with Gasteiger partial charge in [-0.05, 0) is 36.2 Å². The van der Waals surface area contributed by atoms with E-state index < -0.39 is 23.5 Å². The van der Waals surface area contributed by atoms with Crippen LogP contribution in [0.15, 0.2) is 35.9 Å². The summed E-state index contributed by atoms with van der Waals surface area (Å²) in [6.07, 6.45) is 0.608. The Morgan fingerprint density at radius 1 is 1.07 bits per heavy atom. The maximum absolute atomic E-state index is 12.9. The summed E-state index contributed by atoms with van der Waals surface area (Å²) < 4.78 is 5.29. The van der Waals surface area contributed by atoms with Crippen molar-refractivity contribution in [3.05, 3.63) is 67.1 Å². The van der Waals surface area contributed by atoms with Gasteiger partial charge in [0.15, 0.2) is 0 Å². The molecule has 1 unspecified atom stereocenters. The topological polar surface area (TPSA) is 66.8 Å². The first-order valence-electron chi connectivity index (χ1n) is 8.98. The number of methoxy groups -OCH3 is 1. The van der Waals surface area contributed by atoms with Crippen molar-refractivity contribution in [1.29, 1.82) is 0 Å². The van der Waals surface area contributed by atoms with Crippen LogP contribution >= 0.6 is 46.4 Å². The summed E-state index contributed by atoms with van der Waals surface area (Å²) in [5, 5.41) is 12.1. The smallest absolute Gasteiger partial charge is 0.295 e. The van der Waals surface area contributed by atoms with Crippen molar-refractivity contribution in [2.24, 2.45) is 0 Å². The lowest BCUT2D eigenvalue weighted by Crippen LogP contribution is -2.30. The average molecular weight is 489 g/mol. The van der Waals surface area contributed by atoms with E-state index in [0.29, 0.717) is 23.6 Å². The van der Waals surface area contributed by atoms with Gasteiger partial charge in [-0.25, -0.2) is 0 Å². The molecule has 0 aromatic heterocycles. The first kappa shape index (κ1) is 22.8. The molecule has 0 aliphatic carbocycles. The highest BCUT2D eigenvalue weighted by Crippen LogP contribution is 2.44. The maximum Gasteiger partial charge on any atom is 0.295 e. The van der Waals surface area contributed by atoms with E-state index in [1.165, 1.54) is 24.1 Å². The molecule has 1 atom stereocenters. The maximum atomic E-state index is 12.9. The van der Waals surface area contributed by atoms with Gasteiger partial charge < -0.3 is 14.7 Å². The van der Waals surface area contributed by atoms with Gasteiger partial charge in [0.2, 0.25) is 0 Å². The fourth-order valence-corrected chi connectivity index (χ4v) is 4.35. The summed E-state index contributed by atoms with van der Waals surface area (Å²) in [6.45, 7) is 2.19. The highest BCUT2D eigenvalue weighted by Gasteiger charge is 2.46. The largest absolute Gasteiger partial charge is 0.507 e. The van der Waals surface area contributed by atoms with Crippen LogP contribution in [0.4, 0.5) is 0 Å². The zero-order chi connectivity index (χ0) is 22.2. The van der Waals surface area contributed by atoms with E-state index in [9.17, 15) is 14.7 Å². The summed E-state index contributed by atoms with van der Waals surface area (Å²) >= 11 is 24.5. The van der Waals surface area contributed by atoms with Crippen LogP contribution in [0.3, 0.4) is 0 Å². The van der Waals surface area contributed by atoms with Gasteiger partial charge in [0, 0.05) is 11.6 Å². The summed E-state index contributed by atoms with van der Waals surface area (Å²) in [5.41, 5.74) is 0.531. The number of amides is 1. The fourth-order valence-electron chi connectivity index (χ4n) is 3.47. The lowest BCUT2D eigenvalue weighted by atomic mass is 9.95. The van der Waals surface area contributed by atoms with Crippen LogP contribution in [0.25, 0.3) is 5.76 Å². The molecule has 9 heteroatoms. The molecule has 158 valence electrons. The molecule has 1 heterocycles. The number of hydrogen-bond acceptors (Lipinski definition) is 4. The van der Waals surface area contributed by atoms with Crippen molar-refractivity contribution < 1.29 is 19.4 Å². The third-order valence-corrected chi connectivity index (χ3v) is 5.97. The van der Waals surface area contributed by atoms with Crippen LogP contribution in [0, 0.1) is 0 Å².